The molecule has 0 aliphatic heterocycles. The lowest BCUT2D eigenvalue weighted by Crippen LogP contribution is -2.40. The van der Waals surface area contributed by atoms with Crippen LogP contribution in [0.3, 0.4) is 0 Å². The highest BCUT2D eigenvalue weighted by molar-refractivity contribution is 5.47. The average Bonchev–Trinajstić information content (AvgIpc) is 2.86. The number of aromatic nitrogens is 3. The first kappa shape index (κ1) is 12.2. The van der Waals surface area contributed by atoms with Crippen LogP contribution in [0.5, 0.6) is 0 Å². The van der Waals surface area contributed by atoms with E-state index in [1.807, 2.05) is 4.68 Å². The van der Waals surface area contributed by atoms with Crippen molar-refractivity contribution in [1.29, 1.82) is 0 Å². The number of nitrogens with zero attached hydrogens (tertiary/aromatic N) is 3. The molecule has 2 aromatic rings. The fourth-order valence-electron chi connectivity index (χ4n) is 2.37. The van der Waals surface area contributed by atoms with Gasteiger partial charge in [-0.3, -0.25) is 0 Å². The molecule has 1 fully saturated rings. The minimum atomic E-state index is 0.427. The number of hydrogen-bond donors (Lipinski definition) is 1. The minimum Gasteiger partial charge on any atom is -0.382 e. The summed E-state index contributed by atoms with van der Waals surface area (Å²) >= 11 is 0. The molecular formula is C14H18N4O. The molecule has 5 heteroatoms. The zero-order chi connectivity index (χ0) is 13.1. The van der Waals surface area contributed by atoms with E-state index < -0.39 is 0 Å². The highest BCUT2D eigenvalue weighted by Gasteiger charge is 2.28. The standard InChI is InChI=1S/C14H18N4O/c1-19-14-6-13(7-14)17-12-4-2-3-11(5-12)8-18-10-15-9-16-18/h2-5,9-10,13-14,17H,6-8H2,1H3. The predicted molar refractivity (Wildman–Crippen MR) is 73.0 cm³/mol. The maximum absolute atomic E-state index is 5.29. The summed E-state index contributed by atoms with van der Waals surface area (Å²) in [5, 5.41) is 7.66. The van der Waals surface area contributed by atoms with Gasteiger partial charge in [-0.1, -0.05) is 12.1 Å². The lowest BCUT2D eigenvalue weighted by molar-refractivity contribution is 0.0329. The molecule has 0 bridgehead atoms. The Bertz CT molecular complexity index is 520. The molecule has 19 heavy (non-hydrogen) atoms. The Balaban J connectivity index is 1.60. The van der Waals surface area contributed by atoms with Crippen molar-refractivity contribution in [2.75, 3.05) is 12.4 Å². The largest absolute Gasteiger partial charge is 0.382 e. The topological polar surface area (TPSA) is 52.0 Å². The van der Waals surface area contributed by atoms with Crippen LogP contribution in [0.1, 0.15) is 18.4 Å². The fourth-order valence-corrected chi connectivity index (χ4v) is 2.37. The lowest BCUT2D eigenvalue weighted by Gasteiger charge is -2.35. The summed E-state index contributed by atoms with van der Waals surface area (Å²) in [4.78, 5) is 3.95. The summed E-state index contributed by atoms with van der Waals surface area (Å²) < 4.78 is 7.11. The van der Waals surface area contributed by atoms with Crippen LogP contribution < -0.4 is 5.32 Å². The highest BCUT2D eigenvalue weighted by Crippen LogP contribution is 2.26. The maximum Gasteiger partial charge on any atom is 0.137 e. The van der Waals surface area contributed by atoms with Crippen molar-refractivity contribution in [2.24, 2.45) is 0 Å². The zero-order valence-electron chi connectivity index (χ0n) is 11.0. The smallest absolute Gasteiger partial charge is 0.137 e. The second-order valence-corrected chi connectivity index (χ2v) is 4.96. The van der Waals surface area contributed by atoms with E-state index in [1.165, 1.54) is 5.56 Å². The van der Waals surface area contributed by atoms with E-state index in [0.717, 1.165) is 25.1 Å². The van der Waals surface area contributed by atoms with Crippen molar-refractivity contribution in [3.63, 3.8) is 0 Å². The van der Waals surface area contributed by atoms with E-state index in [0.29, 0.717) is 12.1 Å². The maximum atomic E-state index is 5.29. The second kappa shape index (κ2) is 5.40. The van der Waals surface area contributed by atoms with E-state index in [4.69, 9.17) is 4.74 Å². The number of rotatable bonds is 5. The van der Waals surface area contributed by atoms with E-state index in [2.05, 4.69) is 39.7 Å². The Hall–Kier alpha value is -1.88. The van der Waals surface area contributed by atoms with Gasteiger partial charge in [-0.15, -0.1) is 0 Å². The summed E-state index contributed by atoms with van der Waals surface area (Å²) in [5.74, 6) is 0. The first-order valence-electron chi connectivity index (χ1n) is 6.54. The minimum absolute atomic E-state index is 0.427. The number of anilines is 1. The van der Waals surface area contributed by atoms with Crippen LogP contribution in [-0.4, -0.2) is 34.0 Å². The number of nitrogens with one attached hydrogen (secondary N) is 1. The molecule has 0 unspecified atom stereocenters. The van der Waals surface area contributed by atoms with Crippen LogP contribution >= 0.6 is 0 Å². The number of ether oxygens (including phenoxy) is 1. The Morgan fingerprint density at radius 1 is 1.42 bits per heavy atom. The summed E-state index contributed by atoms with van der Waals surface area (Å²) in [6.07, 6.45) is 5.89. The highest BCUT2D eigenvalue weighted by atomic mass is 16.5. The van der Waals surface area contributed by atoms with E-state index in [-0.39, 0.29) is 0 Å². The molecule has 0 amide bonds. The fraction of sp³-hybridized carbons (Fsp3) is 0.429. The van der Waals surface area contributed by atoms with Gasteiger partial charge in [0.2, 0.25) is 0 Å². The summed E-state index contributed by atoms with van der Waals surface area (Å²) in [7, 11) is 1.78. The normalized spacial score (nSPS) is 21.9. The molecule has 0 atom stereocenters. The van der Waals surface area contributed by atoms with Gasteiger partial charge < -0.3 is 10.1 Å². The van der Waals surface area contributed by atoms with Gasteiger partial charge in [-0.2, -0.15) is 5.10 Å². The molecule has 1 aliphatic carbocycles. The molecule has 1 aromatic heterocycles. The Morgan fingerprint density at radius 2 is 2.32 bits per heavy atom. The van der Waals surface area contributed by atoms with Crippen molar-refractivity contribution in [2.45, 2.75) is 31.5 Å². The molecule has 0 spiro atoms. The lowest BCUT2D eigenvalue weighted by atomic mass is 9.89. The quantitative estimate of drug-likeness (QED) is 0.890. The molecule has 0 saturated heterocycles. The van der Waals surface area contributed by atoms with Crippen LogP contribution in [0.4, 0.5) is 5.69 Å². The number of benzene rings is 1. The van der Waals surface area contributed by atoms with Crippen LogP contribution in [0.2, 0.25) is 0 Å². The van der Waals surface area contributed by atoms with Gasteiger partial charge in [0.15, 0.2) is 0 Å². The zero-order valence-corrected chi connectivity index (χ0v) is 11.0. The molecule has 1 N–H and O–H groups in total. The van der Waals surface area contributed by atoms with Crippen LogP contribution in [0, 0.1) is 0 Å². The van der Waals surface area contributed by atoms with Crippen LogP contribution in [0.25, 0.3) is 0 Å². The molecule has 1 saturated carbocycles. The summed E-state index contributed by atoms with van der Waals surface area (Å²) in [5.41, 5.74) is 2.38. The molecule has 5 nitrogen and oxygen atoms in total. The van der Waals surface area contributed by atoms with Gasteiger partial charge in [0, 0.05) is 18.8 Å². The first-order chi connectivity index (χ1) is 9.33. The van der Waals surface area contributed by atoms with Crippen molar-refractivity contribution < 1.29 is 4.74 Å². The predicted octanol–water partition coefficient (Wildman–Crippen LogP) is 1.92. The summed E-state index contributed by atoms with van der Waals surface area (Å²) in [6, 6.07) is 8.98. The van der Waals surface area contributed by atoms with Gasteiger partial charge in [-0.25, -0.2) is 9.67 Å². The van der Waals surface area contributed by atoms with Crippen LogP contribution in [-0.2, 0) is 11.3 Å². The third-order valence-electron chi connectivity index (χ3n) is 3.54. The molecule has 3 rings (SSSR count). The Kier molecular flexibility index (Phi) is 3.46. The molecule has 100 valence electrons. The Labute approximate surface area is 112 Å². The number of methoxy groups -OCH3 is 1. The van der Waals surface area contributed by atoms with Crippen molar-refractivity contribution in [1.82, 2.24) is 14.8 Å². The van der Waals surface area contributed by atoms with E-state index in [9.17, 15) is 0 Å². The average molecular weight is 258 g/mol. The van der Waals surface area contributed by atoms with Crippen molar-refractivity contribution in [3.8, 4) is 0 Å². The summed E-state index contributed by atoms with van der Waals surface area (Å²) in [6.45, 7) is 0.751. The van der Waals surface area contributed by atoms with E-state index in [1.54, 1.807) is 19.8 Å². The van der Waals surface area contributed by atoms with Gasteiger partial charge in [0.05, 0.1) is 12.6 Å². The molecule has 0 radical (unpaired) electrons. The van der Waals surface area contributed by atoms with Gasteiger partial charge in [-0.05, 0) is 30.5 Å². The first-order valence-corrected chi connectivity index (χ1v) is 6.54. The SMILES string of the molecule is COC1CC(Nc2cccc(Cn3cncn3)c2)C1. The molecule has 1 heterocycles. The third kappa shape index (κ3) is 2.93. The van der Waals surface area contributed by atoms with Gasteiger partial charge in [0.25, 0.3) is 0 Å². The molecule has 1 aromatic carbocycles. The van der Waals surface area contributed by atoms with Gasteiger partial charge in [0.1, 0.15) is 12.7 Å². The van der Waals surface area contributed by atoms with Crippen molar-refractivity contribution >= 4 is 5.69 Å². The van der Waals surface area contributed by atoms with Gasteiger partial charge >= 0.3 is 0 Å². The second-order valence-electron chi connectivity index (χ2n) is 4.96. The van der Waals surface area contributed by atoms with Crippen molar-refractivity contribution in [3.05, 3.63) is 42.5 Å². The molecular weight excluding hydrogens is 240 g/mol. The number of hydrogen-bond acceptors (Lipinski definition) is 4. The third-order valence-corrected chi connectivity index (χ3v) is 3.54. The Morgan fingerprint density at radius 3 is 3.05 bits per heavy atom. The van der Waals surface area contributed by atoms with Crippen LogP contribution in [0.15, 0.2) is 36.9 Å². The van der Waals surface area contributed by atoms with E-state index >= 15 is 0 Å². The molecule has 1 aliphatic rings. The monoisotopic (exact) mass is 258 g/mol.